The molecule has 4 rings (SSSR count). The third-order valence-electron chi connectivity index (χ3n) is 7.93. The molecule has 0 radical (unpaired) electrons. The van der Waals surface area contributed by atoms with Gasteiger partial charge in [-0.25, -0.2) is 9.18 Å². The Bertz CT molecular complexity index is 1510. The number of hydrogen-bond acceptors (Lipinski definition) is 4. The van der Waals surface area contributed by atoms with E-state index in [9.17, 15) is 53.5 Å². The van der Waals surface area contributed by atoms with Gasteiger partial charge in [0, 0.05) is 31.3 Å². The van der Waals surface area contributed by atoms with Gasteiger partial charge in [0.2, 0.25) is 0 Å². The van der Waals surface area contributed by atoms with Crippen LogP contribution in [0.15, 0.2) is 35.9 Å². The first-order chi connectivity index (χ1) is 21.1. The molecule has 2 amide bonds. The summed E-state index contributed by atoms with van der Waals surface area (Å²) in [5.41, 5.74) is -2.91. The minimum atomic E-state index is -5.23. The van der Waals surface area contributed by atoms with Gasteiger partial charge < -0.3 is 14.4 Å². The van der Waals surface area contributed by atoms with Crippen molar-refractivity contribution in [3.63, 3.8) is 0 Å². The average Bonchev–Trinajstić information content (AvgIpc) is 3.23. The van der Waals surface area contributed by atoms with Crippen molar-refractivity contribution < 1.29 is 63.0 Å². The fourth-order valence-electron chi connectivity index (χ4n) is 5.58. The second-order valence-electron chi connectivity index (χ2n) is 11.3. The SMILES string of the molecule is COc1cc(F)c(C(C)C)cc1C1=C(CN2C(=O)O[C@H](c3cc(C(F)(F)F)cc(C(F)(F)F)c3)[C@@H]2C)CN(C(=O)C(F)(F)F)CC1. The summed E-state index contributed by atoms with van der Waals surface area (Å²) < 4.78 is 146. The zero-order chi connectivity index (χ0) is 34.5. The summed E-state index contributed by atoms with van der Waals surface area (Å²) in [6.07, 6.45) is -18.5. The molecule has 0 unspecified atom stereocenters. The van der Waals surface area contributed by atoms with E-state index in [0.717, 1.165) is 11.0 Å². The van der Waals surface area contributed by atoms with E-state index < -0.39 is 84.8 Å². The van der Waals surface area contributed by atoms with Gasteiger partial charge in [0.1, 0.15) is 17.7 Å². The summed E-state index contributed by atoms with van der Waals surface area (Å²) in [5, 5.41) is 0. The molecule has 252 valence electrons. The topological polar surface area (TPSA) is 59.1 Å². The minimum Gasteiger partial charge on any atom is -0.496 e. The van der Waals surface area contributed by atoms with E-state index in [1.165, 1.54) is 20.1 Å². The van der Waals surface area contributed by atoms with E-state index in [4.69, 9.17) is 9.47 Å². The average molecular weight is 671 g/mol. The van der Waals surface area contributed by atoms with E-state index in [2.05, 4.69) is 0 Å². The van der Waals surface area contributed by atoms with E-state index in [1.807, 2.05) is 0 Å². The summed E-state index contributed by atoms with van der Waals surface area (Å²) in [7, 11) is 1.24. The number of hydrogen-bond donors (Lipinski definition) is 0. The quantitative estimate of drug-likeness (QED) is 0.292. The Kier molecular flexibility index (Phi) is 9.34. The molecule has 0 aliphatic carbocycles. The first-order valence-corrected chi connectivity index (χ1v) is 13.8. The van der Waals surface area contributed by atoms with Crippen molar-refractivity contribution in [1.29, 1.82) is 0 Å². The van der Waals surface area contributed by atoms with Crippen LogP contribution >= 0.6 is 0 Å². The van der Waals surface area contributed by atoms with Crippen molar-refractivity contribution >= 4 is 17.6 Å². The second-order valence-corrected chi connectivity index (χ2v) is 11.3. The van der Waals surface area contributed by atoms with Crippen LogP contribution < -0.4 is 4.74 Å². The van der Waals surface area contributed by atoms with Gasteiger partial charge in [-0.1, -0.05) is 13.8 Å². The standard InChI is InChI=1S/C30H28F10N2O4/c1-14(2)21-10-22(24(45-4)11-23(21)31)20-5-6-41(26(43)30(38,39)40)12-17(20)13-42-15(3)25(46-27(42)44)16-7-18(28(32,33)34)9-19(8-16)29(35,36)37/h7-11,14-15,25H,5-6,12-13H2,1-4H3/t15-,25-/m0/s1. The molecule has 0 bridgehead atoms. The number of rotatable bonds is 6. The maximum atomic E-state index is 14.8. The zero-order valence-corrected chi connectivity index (χ0v) is 24.8. The Labute approximate surface area is 256 Å². The molecule has 1 saturated heterocycles. The van der Waals surface area contributed by atoms with E-state index >= 15 is 0 Å². The minimum absolute atomic E-state index is 0.0172. The van der Waals surface area contributed by atoms with Crippen LogP contribution in [0.4, 0.5) is 48.7 Å². The van der Waals surface area contributed by atoms with Gasteiger partial charge in [-0.15, -0.1) is 0 Å². The Morgan fingerprint density at radius 2 is 1.57 bits per heavy atom. The number of ether oxygens (including phenoxy) is 2. The van der Waals surface area contributed by atoms with Crippen LogP contribution in [0.25, 0.3) is 5.57 Å². The number of carbonyl (C=O) groups excluding carboxylic acids is 2. The van der Waals surface area contributed by atoms with Crippen molar-refractivity contribution in [3.05, 3.63) is 69.5 Å². The number of alkyl halides is 9. The van der Waals surface area contributed by atoms with Crippen molar-refractivity contribution in [3.8, 4) is 5.75 Å². The number of amides is 2. The van der Waals surface area contributed by atoms with E-state index in [0.29, 0.717) is 22.6 Å². The number of carbonyl (C=O) groups is 2. The van der Waals surface area contributed by atoms with Gasteiger partial charge in [-0.3, -0.25) is 9.69 Å². The summed E-state index contributed by atoms with van der Waals surface area (Å²) in [6.45, 7) is 3.13. The fourth-order valence-corrected chi connectivity index (χ4v) is 5.58. The summed E-state index contributed by atoms with van der Waals surface area (Å²) in [4.78, 5) is 26.6. The van der Waals surface area contributed by atoms with Crippen LogP contribution in [0.2, 0.25) is 0 Å². The summed E-state index contributed by atoms with van der Waals surface area (Å²) in [6, 6.07) is 2.12. The van der Waals surface area contributed by atoms with Gasteiger partial charge in [0.15, 0.2) is 0 Å². The van der Waals surface area contributed by atoms with Gasteiger partial charge in [-0.05, 0) is 65.8 Å². The van der Waals surface area contributed by atoms with Crippen molar-refractivity contribution in [2.24, 2.45) is 0 Å². The molecule has 2 aromatic carbocycles. The van der Waals surface area contributed by atoms with Crippen LogP contribution in [0.3, 0.4) is 0 Å². The largest absolute Gasteiger partial charge is 0.496 e. The third kappa shape index (κ3) is 7.04. The van der Waals surface area contributed by atoms with Crippen LogP contribution in [0, 0.1) is 5.82 Å². The first-order valence-electron chi connectivity index (χ1n) is 13.8. The van der Waals surface area contributed by atoms with Crippen LogP contribution in [0.5, 0.6) is 5.75 Å². The molecule has 16 heteroatoms. The lowest BCUT2D eigenvalue weighted by atomic mass is 9.89. The van der Waals surface area contributed by atoms with E-state index in [1.54, 1.807) is 13.8 Å². The molecular weight excluding hydrogens is 642 g/mol. The predicted molar refractivity (Wildman–Crippen MR) is 143 cm³/mol. The normalized spacial score (nSPS) is 19.7. The summed E-state index contributed by atoms with van der Waals surface area (Å²) >= 11 is 0. The van der Waals surface area contributed by atoms with Crippen LogP contribution in [0.1, 0.15) is 67.0 Å². The monoisotopic (exact) mass is 670 g/mol. The molecule has 6 nitrogen and oxygen atoms in total. The molecular formula is C30H28F10N2O4. The Hall–Kier alpha value is -3.98. The second kappa shape index (κ2) is 12.3. The highest BCUT2D eigenvalue weighted by Gasteiger charge is 2.46. The molecule has 0 N–H and O–H groups in total. The van der Waals surface area contributed by atoms with Gasteiger partial charge in [0.05, 0.1) is 24.3 Å². The molecule has 0 saturated carbocycles. The lowest BCUT2D eigenvalue weighted by Gasteiger charge is -2.34. The molecule has 2 aromatic rings. The Balaban J connectivity index is 1.80. The highest BCUT2D eigenvalue weighted by Crippen LogP contribution is 2.43. The van der Waals surface area contributed by atoms with Gasteiger partial charge in [-0.2, -0.15) is 39.5 Å². The van der Waals surface area contributed by atoms with Gasteiger partial charge >= 0.3 is 30.5 Å². The van der Waals surface area contributed by atoms with Crippen molar-refractivity contribution in [2.45, 2.75) is 63.8 Å². The van der Waals surface area contributed by atoms with E-state index in [-0.39, 0.29) is 40.9 Å². The molecule has 1 fully saturated rings. The number of nitrogens with zero attached hydrogens (tertiary/aromatic N) is 2. The zero-order valence-electron chi connectivity index (χ0n) is 24.8. The fraction of sp³-hybridized carbons (Fsp3) is 0.467. The maximum absolute atomic E-state index is 14.8. The number of cyclic esters (lactones) is 1. The smallest absolute Gasteiger partial charge is 0.471 e. The maximum Gasteiger partial charge on any atom is 0.471 e. The molecule has 0 spiro atoms. The number of halogens is 10. The Morgan fingerprint density at radius 3 is 2.07 bits per heavy atom. The van der Waals surface area contributed by atoms with Crippen LogP contribution in [-0.2, 0) is 21.9 Å². The molecule has 2 heterocycles. The lowest BCUT2D eigenvalue weighted by molar-refractivity contribution is -0.185. The molecule has 2 atom stereocenters. The predicted octanol–water partition coefficient (Wildman–Crippen LogP) is 8.13. The van der Waals surface area contributed by atoms with Crippen molar-refractivity contribution in [1.82, 2.24) is 9.80 Å². The van der Waals surface area contributed by atoms with Crippen molar-refractivity contribution in [2.75, 3.05) is 26.7 Å². The van der Waals surface area contributed by atoms with Crippen LogP contribution in [-0.4, -0.2) is 60.8 Å². The Morgan fingerprint density at radius 1 is 0.978 bits per heavy atom. The highest BCUT2D eigenvalue weighted by molar-refractivity contribution is 5.85. The molecule has 46 heavy (non-hydrogen) atoms. The third-order valence-corrected chi connectivity index (χ3v) is 7.93. The number of methoxy groups -OCH3 is 1. The first kappa shape index (κ1) is 34.9. The molecule has 0 aromatic heterocycles. The molecule has 2 aliphatic rings. The van der Waals surface area contributed by atoms with Gasteiger partial charge in [0.25, 0.3) is 0 Å². The number of benzene rings is 2. The lowest BCUT2D eigenvalue weighted by Crippen LogP contribution is -2.46. The highest BCUT2D eigenvalue weighted by atomic mass is 19.4. The molecule has 2 aliphatic heterocycles. The summed E-state index contributed by atoms with van der Waals surface area (Å²) in [5.74, 6) is -3.08.